The normalized spacial score (nSPS) is 20.9. The predicted molar refractivity (Wildman–Crippen MR) is 68.8 cm³/mol. The molecule has 0 aliphatic carbocycles. The van der Waals surface area contributed by atoms with Crippen molar-refractivity contribution in [3.63, 3.8) is 0 Å². The summed E-state index contributed by atoms with van der Waals surface area (Å²) in [7, 11) is 0. The number of nitrogens with one attached hydrogen (secondary N) is 1. The molecule has 0 radical (unpaired) electrons. The topological polar surface area (TPSA) is 24.5 Å². The van der Waals surface area contributed by atoms with Gasteiger partial charge >= 0.3 is 0 Å². The highest BCUT2D eigenvalue weighted by Crippen LogP contribution is 2.16. The molecule has 1 aliphatic heterocycles. The summed E-state index contributed by atoms with van der Waals surface area (Å²) in [6.45, 7) is 16.5. The van der Waals surface area contributed by atoms with Gasteiger partial charge in [0.15, 0.2) is 0 Å². The summed E-state index contributed by atoms with van der Waals surface area (Å²) in [4.78, 5) is 2.43. The van der Waals surface area contributed by atoms with Gasteiger partial charge in [-0.05, 0) is 32.4 Å². The summed E-state index contributed by atoms with van der Waals surface area (Å²) >= 11 is 0. The van der Waals surface area contributed by atoms with Crippen molar-refractivity contribution in [2.75, 3.05) is 39.3 Å². The van der Waals surface area contributed by atoms with Crippen LogP contribution < -0.4 is 5.32 Å². The van der Waals surface area contributed by atoms with Crippen molar-refractivity contribution in [1.29, 1.82) is 0 Å². The van der Waals surface area contributed by atoms with Crippen molar-refractivity contribution in [3.05, 3.63) is 12.2 Å². The van der Waals surface area contributed by atoms with E-state index in [1.54, 1.807) is 0 Å². The first kappa shape index (κ1) is 13.7. The summed E-state index contributed by atoms with van der Waals surface area (Å²) < 4.78 is 5.69. The van der Waals surface area contributed by atoms with Gasteiger partial charge in [-0.1, -0.05) is 13.5 Å². The summed E-state index contributed by atoms with van der Waals surface area (Å²) in [6.07, 6.45) is 1.18. The highest BCUT2D eigenvalue weighted by Gasteiger charge is 2.26. The molecule has 1 rings (SSSR count). The molecular formula is C13H26N2O. The van der Waals surface area contributed by atoms with E-state index in [-0.39, 0.29) is 5.60 Å². The molecule has 0 bridgehead atoms. The van der Waals surface area contributed by atoms with Crippen molar-refractivity contribution in [1.82, 2.24) is 10.2 Å². The second-order valence-electron chi connectivity index (χ2n) is 5.25. The fourth-order valence-corrected chi connectivity index (χ4v) is 2.06. The monoisotopic (exact) mass is 226 g/mol. The Hall–Kier alpha value is -0.380. The van der Waals surface area contributed by atoms with Crippen LogP contribution in [-0.4, -0.2) is 49.8 Å². The zero-order valence-corrected chi connectivity index (χ0v) is 11.0. The summed E-state index contributed by atoms with van der Waals surface area (Å²) in [5.74, 6) is 0. The van der Waals surface area contributed by atoms with Crippen LogP contribution in [0, 0.1) is 0 Å². The minimum absolute atomic E-state index is 0.00459. The second kappa shape index (κ2) is 6.38. The Labute approximate surface area is 99.8 Å². The van der Waals surface area contributed by atoms with Gasteiger partial charge < -0.3 is 10.1 Å². The molecule has 0 aromatic rings. The molecule has 16 heavy (non-hydrogen) atoms. The van der Waals surface area contributed by atoms with Gasteiger partial charge in [-0.2, -0.15) is 0 Å². The first-order valence-electron chi connectivity index (χ1n) is 6.27. The number of hydrogen-bond acceptors (Lipinski definition) is 3. The molecule has 0 unspecified atom stereocenters. The first-order chi connectivity index (χ1) is 7.53. The van der Waals surface area contributed by atoms with Gasteiger partial charge in [0.2, 0.25) is 0 Å². The molecule has 0 atom stereocenters. The van der Waals surface area contributed by atoms with Gasteiger partial charge in [-0.15, -0.1) is 0 Å². The maximum Gasteiger partial charge on any atom is 0.0753 e. The predicted octanol–water partition coefficient (Wildman–Crippen LogP) is 1.65. The lowest BCUT2D eigenvalue weighted by molar-refractivity contribution is -0.0835. The van der Waals surface area contributed by atoms with E-state index in [0.717, 1.165) is 39.3 Å². The fourth-order valence-electron chi connectivity index (χ4n) is 2.06. The number of nitrogens with zero attached hydrogens (tertiary/aromatic N) is 1. The van der Waals surface area contributed by atoms with E-state index in [0.29, 0.717) is 0 Å². The zero-order valence-electron chi connectivity index (χ0n) is 11.0. The molecule has 0 aromatic heterocycles. The van der Waals surface area contributed by atoms with Crippen LogP contribution in [0.2, 0.25) is 0 Å². The maximum atomic E-state index is 5.69. The SMILES string of the molecule is C=C(CNCCC)CN1CCOC(C)(C)C1. The number of ether oxygens (including phenoxy) is 1. The molecule has 1 heterocycles. The molecule has 1 fully saturated rings. The number of hydrogen-bond donors (Lipinski definition) is 1. The Balaban J connectivity index is 2.23. The lowest BCUT2D eigenvalue weighted by atomic mass is 10.1. The standard InChI is InChI=1S/C13H26N2O/c1-5-6-14-9-12(2)10-15-7-8-16-13(3,4)11-15/h14H,2,5-11H2,1,3-4H3. The van der Waals surface area contributed by atoms with E-state index in [2.05, 4.69) is 37.6 Å². The Bertz CT molecular complexity index is 226. The summed E-state index contributed by atoms with van der Waals surface area (Å²) in [6, 6.07) is 0. The number of rotatable bonds is 6. The van der Waals surface area contributed by atoms with Crippen molar-refractivity contribution in [2.45, 2.75) is 32.8 Å². The molecule has 1 aliphatic rings. The van der Waals surface area contributed by atoms with Gasteiger partial charge in [0.25, 0.3) is 0 Å². The summed E-state index contributed by atoms with van der Waals surface area (Å²) in [5.41, 5.74) is 1.26. The molecule has 1 saturated heterocycles. The van der Waals surface area contributed by atoms with Crippen molar-refractivity contribution in [3.8, 4) is 0 Å². The molecule has 3 nitrogen and oxygen atoms in total. The smallest absolute Gasteiger partial charge is 0.0753 e. The van der Waals surface area contributed by atoms with Crippen LogP contribution in [0.25, 0.3) is 0 Å². The Morgan fingerprint density at radius 2 is 2.25 bits per heavy atom. The van der Waals surface area contributed by atoms with Gasteiger partial charge in [0.05, 0.1) is 12.2 Å². The second-order valence-corrected chi connectivity index (χ2v) is 5.25. The highest BCUT2D eigenvalue weighted by atomic mass is 16.5. The van der Waals surface area contributed by atoms with Crippen LogP contribution in [0.3, 0.4) is 0 Å². The Morgan fingerprint density at radius 1 is 1.50 bits per heavy atom. The molecular weight excluding hydrogens is 200 g/mol. The third-order valence-electron chi connectivity index (χ3n) is 2.75. The highest BCUT2D eigenvalue weighted by molar-refractivity contribution is 5.01. The largest absolute Gasteiger partial charge is 0.373 e. The molecule has 0 saturated carbocycles. The van der Waals surface area contributed by atoms with E-state index in [4.69, 9.17) is 4.74 Å². The van der Waals surface area contributed by atoms with E-state index in [1.807, 2.05) is 0 Å². The molecule has 0 amide bonds. The molecule has 3 heteroatoms. The van der Waals surface area contributed by atoms with Crippen LogP contribution in [0.1, 0.15) is 27.2 Å². The van der Waals surface area contributed by atoms with E-state index in [9.17, 15) is 0 Å². The number of morpholine rings is 1. The Morgan fingerprint density at radius 3 is 2.88 bits per heavy atom. The van der Waals surface area contributed by atoms with Gasteiger partial charge in [0.1, 0.15) is 0 Å². The fraction of sp³-hybridized carbons (Fsp3) is 0.846. The molecule has 0 aromatic carbocycles. The van der Waals surface area contributed by atoms with Crippen LogP contribution in [0.4, 0.5) is 0 Å². The third kappa shape index (κ3) is 5.10. The minimum atomic E-state index is -0.00459. The molecule has 1 N–H and O–H groups in total. The van der Waals surface area contributed by atoms with Gasteiger partial charge in [-0.3, -0.25) is 4.90 Å². The maximum absolute atomic E-state index is 5.69. The van der Waals surface area contributed by atoms with E-state index < -0.39 is 0 Å². The quantitative estimate of drug-likeness (QED) is 0.550. The van der Waals surface area contributed by atoms with Crippen LogP contribution in [0.15, 0.2) is 12.2 Å². The average Bonchev–Trinajstić information content (AvgIpc) is 2.16. The first-order valence-corrected chi connectivity index (χ1v) is 6.27. The van der Waals surface area contributed by atoms with Crippen LogP contribution in [0.5, 0.6) is 0 Å². The van der Waals surface area contributed by atoms with E-state index in [1.165, 1.54) is 12.0 Å². The zero-order chi connectivity index (χ0) is 12.0. The summed E-state index contributed by atoms with van der Waals surface area (Å²) in [5, 5.41) is 3.39. The lowest BCUT2D eigenvalue weighted by Crippen LogP contribution is -2.49. The third-order valence-corrected chi connectivity index (χ3v) is 2.75. The van der Waals surface area contributed by atoms with Gasteiger partial charge in [-0.25, -0.2) is 0 Å². The minimum Gasteiger partial charge on any atom is -0.373 e. The lowest BCUT2D eigenvalue weighted by Gasteiger charge is -2.38. The average molecular weight is 226 g/mol. The van der Waals surface area contributed by atoms with Crippen molar-refractivity contribution >= 4 is 0 Å². The van der Waals surface area contributed by atoms with Crippen LogP contribution in [-0.2, 0) is 4.74 Å². The molecule has 94 valence electrons. The van der Waals surface area contributed by atoms with Crippen molar-refractivity contribution in [2.24, 2.45) is 0 Å². The van der Waals surface area contributed by atoms with Gasteiger partial charge in [0, 0.05) is 26.2 Å². The van der Waals surface area contributed by atoms with Crippen molar-refractivity contribution < 1.29 is 4.74 Å². The molecule has 0 spiro atoms. The van der Waals surface area contributed by atoms with Crippen LogP contribution >= 0.6 is 0 Å². The Kier molecular flexibility index (Phi) is 5.46. The van der Waals surface area contributed by atoms with E-state index >= 15 is 0 Å².